The van der Waals surface area contributed by atoms with E-state index in [0.29, 0.717) is 11.5 Å². The molecule has 1 aromatic rings. The van der Waals surface area contributed by atoms with Crippen molar-refractivity contribution >= 4 is 5.84 Å². The summed E-state index contributed by atoms with van der Waals surface area (Å²) in [5.41, 5.74) is 7.37. The molecule has 1 aromatic carbocycles. The first-order valence-electron chi connectivity index (χ1n) is 6.98. The second-order valence-electron chi connectivity index (χ2n) is 5.15. The van der Waals surface area contributed by atoms with Gasteiger partial charge in [-0.1, -0.05) is 43.3 Å². The van der Waals surface area contributed by atoms with Gasteiger partial charge in [0.05, 0.1) is 6.61 Å². The van der Waals surface area contributed by atoms with Crippen molar-refractivity contribution in [3.05, 3.63) is 35.4 Å². The number of hydrogen-bond acceptors (Lipinski definition) is 4. The summed E-state index contributed by atoms with van der Waals surface area (Å²) in [5, 5.41) is 14.9. The molecule has 0 fully saturated rings. The molecule has 0 aliphatic heterocycles. The number of oxime groups is 1. The maximum Gasteiger partial charge on any atom is 0.170 e. The van der Waals surface area contributed by atoms with Gasteiger partial charge in [0.2, 0.25) is 0 Å². The summed E-state index contributed by atoms with van der Waals surface area (Å²) in [4.78, 5) is 0. The Morgan fingerprint density at radius 3 is 2.60 bits per heavy atom. The molecule has 0 spiro atoms. The fraction of sp³-hybridized carbons (Fsp3) is 0.533. The van der Waals surface area contributed by atoms with Gasteiger partial charge in [-0.25, -0.2) is 0 Å². The molecule has 0 amide bonds. The molecule has 0 radical (unpaired) electrons. The fourth-order valence-corrected chi connectivity index (χ4v) is 1.65. The van der Waals surface area contributed by atoms with E-state index in [1.807, 2.05) is 24.3 Å². The monoisotopic (exact) mass is 279 g/mol. The van der Waals surface area contributed by atoms with Crippen LogP contribution in [-0.4, -0.2) is 30.8 Å². The molecule has 5 nitrogen and oxygen atoms in total. The molecule has 4 N–H and O–H groups in total. The molecule has 0 aromatic heterocycles. The zero-order valence-electron chi connectivity index (χ0n) is 12.3. The topological polar surface area (TPSA) is 79.9 Å². The van der Waals surface area contributed by atoms with Crippen LogP contribution in [0, 0.1) is 5.92 Å². The summed E-state index contributed by atoms with van der Waals surface area (Å²) in [6, 6.07) is 7.59. The summed E-state index contributed by atoms with van der Waals surface area (Å²) < 4.78 is 5.52. The number of nitrogens with two attached hydrogens (primary N) is 1. The van der Waals surface area contributed by atoms with E-state index < -0.39 is 0 Å². The van der Waals surface area contributed by atoms with Crippen molar-refractivity contribution in [1.82, 2.24) is 5.32 Å². The number of ether oxygens (including phenoxy) is 1. The van der Waals surface area contributed by atoms with E-state index in [2.05, 4.69) is 24.3 Å². The van der Waals surface area contributed by atoms with E-state index in [0.717, 1.165) is 38.3 Å². The van der Waals surface area contributed by atoms with Crippen LogP contribution in [0.3, 0.4) is 0 Å². The number of nitrogens with one attached hydrogen (secondary N) is 1. The van der Waals surface area contributed by atoms with Crippen molar-refractivity contribution in [2.45, 2.75) is 26.8 Å². The molecule has 0 unspecified atom stereocenters. The lowest BCUT2D eigenvalue weighted by atomic mass is 10.1. The third-order valence-electron chi connectivity index (χ3n) is 2.95. The molecule has 0 saturated carbocycles. The van der Waals surface area contributed by atoms with E-state index in [9.17, 15) is 0 Å². The van der Waals surface area contributed by atoms with Crippen molar-refractivity contribution in [2.24, 2.45) is 16.8 Å². The van der Waals surface area contributed by atoms with Crippen molar-refractivity contribution in [1.29, 1.82) is 0 Å². The number of hydrogen-bond donors (Lipinski definition) is 3. The predicted molar refractivity (Wildman–Crippen MR) is 80.9 cm³/mol. The first-order chi connectivity index (χ1) is 9.63. The van der Waals surface area contributed by atoms with Crippen LogP contribution in [0.2, 0.25) is 0 Å². The average molecular weight is 279 g/mol. The lowest BCUT2D eigenvalue weighted by molar-refractivity contribution is 0.125. The number of benzene rings is 1. The highest BCUT2D eigenvalue weighted by Crippen LogP contribution is 2.04. The molecule has 0 bridgehead atoms. The Morgan fingerprint density at radius 1 is 1.30 bits per heavy atom. The van der Waals surface area contributed by atoms with Gasteiger partial charge < -0.3 is 21.0 Å². The summed E-state index contributed by atoms with van der Waals surface area (Å²) in [6.45, 7) is 7.56. The molecule has 0 heterocycles. The maximum absolute atomic E-state index is 8.57. The summed E-state index contributed by atoms with van der Waals surface area (Å²) >= 11 is 0. The Bertz CT molecular complexity index is 402. The zero-order valence-corrected chi connectivity index (χ0v) is 12.3. The first kappa shape index (κ1) is 16.5. The highest BCUT2D eigenvalue weighted by molar-refractivity contribution is 5.96. The van der Waals surface area contributed by atoms with Gasteiger partial charge in [0.1, 0.15) is 0 Å². The van der Waals surface area contributed by atoms with E-state index in [1.165, 1.54) is 0 Å². The molecular formula is C15H25N3O2. The van der Waals surface area contributed by atoms with Gasteiger partial charge in [-0.05, 0) is 17.9 Å². The van der Waals surface area contributed by atoms with Gasteiger partial charge in [-0.3, -0.25) is 0 Å². The number of amidine groups is 1. The largest absolute Gasteiger partial charge is 0.409 e. The Balaban J connectivity index is 2.16. The van der Waals surface area contributed by atoms with Crippen molar-refractivity contribution in [3.8, 4) is 0 Å². The summed E-state index contributed by atoms with van der Waals surface area (Å²) in [5.74, 6) is 0.819. The minimum atomic E-state index is 0.128. The van der Waals surface area contributed by atoms with E-state index >= 15 is 0 Å². The van der Waals surface area contributed by atoms with Gasteiger partial charge in [-0.2, -0.15) is 0 Å². The van der Waals surface area contributed by atoms with Gasteiger partial charge in [0.25, 0.3) is 0 Å². The van der Waals surface area contributed by atoms with Crippen molar-refractivity contribution < 1.29 is 9.94 Å². The van der Waals surface area contributed by atoms with E-state index in [-0.39, 0.29) is 5.84 Å². The quantitative estimate of drug-likeness (QED) is 0.212. The fourth-order valence-electron chi connectivity index (χ4n) is 1.65. The van der Waals surface area contributed by atoms with Crippen LogP contribution in [0.5, 0.6) is 0 Å². The summed E-state index contributed by atoms with van der Waals surface area (Å²) in [7, 11) is 0. The number of nitrogens with zero attached hydrogens (tertiary/aromatic N) is 1. The average Bonchev–Trinajstić information content (AvgIpc) is 2.45. The van der Waals surface area contributed by atoms with Gasteiger partial charge in [0.15, 0.2) is 5.84 Å². The second-order valence-corrected chi connectivity index (χ2v) is 5.15. The molecule has 1 rings (SSSR count). The van der Waals surface area contributed by atoms with E-state index in [1.54, 1.807) is 0 Å². The Hall–Kier alpha value is -1.59. The molecular weight excluding hydrogens is 254 g/mol. The van der Waals surface area contributed by atoms with Gasteiger partial charge in [-0.15, -0.1) is 0 Å². The van der Waals surface area contributed by atoms with Crippen molar-refractivity contribution in [3.63, 3.8) is 0 Å². The Labute approximate surface area is 120 Å². The third-order valence-corrected chi connectivity index (χ3v) is 2.95. The van der Waals surface area contributed by atoms with Crippen LogP contribution in [0.1, 0.15) is 31.4 Å². The third kappa shape index (κ3) is 6.54. The standard InChI is InChI=1S/C15H25N3O2/c1-12(2)7-9-20-10-8-17-11-13-3-5-14(6-4-13)15(16)18-19/h3-6,12,17,19H,7-11H2,1-2H3,(H2,16,18). The highest BCUT2D eigenvalue weighted by atomic mass is 16.5. The molecule has 0 aliphatic carbocycles. The molecule has 0 aliphatic rings. The van der Waals surface area contributed by atoms with Crippen LogP contribution in [0.25, 0.3) is 0 Å². The molecule has 20 heavy (non-hydrogen) atoms. The SMILES string of the molecule is CC(C)CCOCCNCc1ccc(C(N)=NO)cc1. The minimum Gasteiger partial charge on any atom is -0.409 e. The Morgan fingerprint density at radius 2 is 2.00 bits per heavy atom. The predicted octanol–water partition coefficient (Wildman–Crippen LogP) is 1.93. The lowest BCUT2D eigenvalue weighted by Gasteiger charge is -2.08. The van der Waals surface area contributed by atoms with Crippen LogP contribution >= 0.6 is 0 Å². The minimum absolute atomic E-state index is 0.128. The lowest BCUT2D eigenvalue weighted by Crippen LogP contribution is -2.20. The number of rotatable bonds is 9. The second kappa shape index (κ2) is 9.34. The normalized spacial score (nSPS) is 12.1. The first-order valence-corrected chi connectivity index (χ1v) is 6.98. The maximum atomic E-state index is 8.57. The highest BCUT2D eigenvalue weighted by Gasteiger charge is 1.99. The van der Waals surface area contributed by atoms with E-state index in [4.69, 9.17) is 15.7 Å². The van der Waals surface area contributed by atoms with Crippen LogP contribution in [0.15, 0.2) is 29.4 Å². The Kier molecular flexibility index (Phi) is 7.69. The van der Waals surface area contributed by atoms with Crippen LogP contribution in [-0.2, 0) is 11.3 Å². The van der Waals surface area contributed by atoms with Crippen LogP contribution < -0.4 is 11.1 Å². The van der Waals surface area contributed by atoms with Gasteiger partial charge >= 0.3 is 0 Å². The van der Waals surface area contributed by atoms with Crippen molar-refractivity contribution in [2.75, 3.05) is 19.8 Å². The molecule has 0 saturated heterocycles. The van der Waals surface area contributed by atoms with Gasteiger partial charge in [0, 0.05) is 25.3 Å². The summed E-state index contributed by atoms with van der Waals surface area (Å²) in [6.07, 6.45) is 1.11. The molecule has 112 valence electrons. The molecule has 5 heteroatoms. The zero-order chi connectivity index (χ0) is 14.8. The molecule has 0 atom stereocenters. The smallest absolute Gasteiger partial charge is 0.170 e. The van der Waals surface area contributed by atoms with Crippen LogP contribution in [0.4, 0.5) is 0 Å².